The number of para-hydroxylation sites is 1. The Morgan fingerprint density at radius 3 is 2.80 bits per heavy atom. The number of hydroxylamine groups is 1. The van der Waals surface area contributed by atoms with Crippen LogP contribution >= 0.6 is 23.2 Å². The smallest absolute Gasteiger partial charge is 0.155 e. The maximum Gasteiger partial charge on any atom is 0.155 e. The Morgan fingerprint density at radius 2 is 2.07 bits per heavy atom. The summed E-state index contributed by atoms with van der Waals surface area (Å²) in [6, 6.07) is 9.21. The fourth-order valence-electron chi connectivity index (χ4n) is 1.33. The van der Waals surface area contributed by atoms with Crippen molar-refractivity contribution in [2.24, 2.45) is 0 Å². The van der Waals surface area contributed by atoms with Gasteiger partial charge in [-0.15, -0.1) is 11.6 Å². The van der Waals surface area contributed by atoms with Gasteiger partial charge in [0, 0.05) is 5.39 Å². The standard InChI is InChI=1S/C10H8Cl2N2O/c11-6-14(15)9-5-7-3-1-2-4-8(7)13-10(9)12/h1-5,15H,6H2. The Bertz CT molecular complexity index is 490. The van der Waals surface area contributed by atoms with Gasteiger partial charge in [-0.2, -0.15) is 0 Å². The molecular weight excluding hydrogens is 235 g/mol. The summed E-state index contributed by atoms with van der Waals surface area (Å²) < 4.78 is 0. The molecule has 0 saturated carbocycles. The van der Waals surface area contributed by atoms with Crippen molar-refractivity contribution in [1.82, 2.24) is 4.98 Å². The monoisotopic (exact) mass is 242 g/mol. The van der Waals surface area contributed by atoms with Crippen LogP contribution in [0.25, 0.3) is 10.9 Å². The van der Waals surface area contributed by atoms with E-state index in [1.54, 1.807) is 6.07 Å². The zero-order chi connectivity index (χ0) is 10.8. The summed E-state index contributed by atoms with van der Waals surface area (Å²) in [7, 11) is 0. The van der Waals surface area contributed by atoms with E-state index in [9.17, 15) is 5.21 Å². The lowest BCUT2D eigenvalue weighted by Gasteiger charge is -2.14. The highest BCUT2D eigenvalue weighted by Gasteiger charge is 2.09. The highest BCUT2D eigenvalue weighted by atomic mass is 35.5. The number of pyridine rings is 1. The SMILES string of the molecule is ON(CCl)c1cc2ccccc2nc1Cl. The van der Waals surface area contributed by atoms with Crippen molar-refractivity contribution in [3.05, 3.63) is 35.5 Å². The van der Waals surface area contributed by atoms with E-state index in [1.165, 1.54) is 0 Å². The van der Waals surface area contributed by atoms with Gasteiger partial charge in [-0.05, 0) is 12.1 Å². The van der Waals surface area contributed by atoms with Gasteiger partial charge in [-0.1, -0.05) is 29.8 Å². The summed E-state index contributed by atoms with van der Waals surface area (Å²) in [6.07, 6.45) is 0. The molecule has 0 spiro atoms. The molecular formula is C10H8Cl2N2O. The molecule has 1 N–H and O–H groups in total. The Hall–Kier alpha value is -1.03. The molecule has 0 atom stereocenters. The fourth-order valence-corrected chi connectivity index (χ4v) is 1.70. The van der Waals surface area contributed by atoms with Crippen molar-refractivity contribution in [2.75, 3.05) is 11.1 Å². The lowest BCUT2D eigenvalue weighted by Crippen LogP contribution is -2.16. The van der Waals surface area contributed by atoms with Gasteiger partial charge in [-0.3, -0.25) is 5.21 Å². The number of aromatic nitrogens is 1. The third-order valence-electron chi connectivity index (χ3n) is 2.05. The fraction of sp³-hybridized carbons (Fsp3) is 0.100. The number of anilines is 1. The van der Waals surface area contributed by atoms with Crippen LogP contribution in [0.2, 0.25) is 5.15 Å². The van der Waals surface area contributed by atoms with E-state index in [1.807, 2.05) is 24.3 Å². The Kier molecular flexibility index (Phi) is 2.95. The molecule has 0 radical (unpaired) electrons. The molecule has 0 saturated heterocycles. The summed E-state index contributed by atoms with van der Waals surface area (Å²) in [5.41, 5.74) is 1.19. The summed E-state index contributed by atoms with van der Waals surface area (Å²) >= 11 is 11.4. The minimum absolute atomic E-state index is 0.0558. The van der Waals surface area contributed by atoms with Gasteiger partial charge in [0.2, 0.25) is 0 Å². The van der Waals surface area contributed by atoms with Crippen LogP contribution in [0.3, 0.4) is 0 Å². The first-order chi connectivity index (χ1) is 7.22. The molecule has 15 heavy (non-hydrogen) atoms. The molecule has 0 aliphatic carbocycles. The minimum atomic E-state index is -0.0558. The van der Waals surface area contributed by atoms with Crippen LogP contribution < -0.4 is 5.06 Å². The lowest BCUT2D eigenvalue weighted by molar-refractivity contribution is 0.272. The van der Waals surface area contributed by atoms with Crippen molar-refractivity contribution in [3.8, 4) is 0 Å². The van der Waals surface area contributed by atoms with Gasteiger partial charge < -0.3 is 0 Å². The van der Waals surface area contributed by atoms with E-state index in [0.29, 0.717) is 5.69 Å². The summed E-state index contributed by atoms with van der Waals surface area (Å²) in [4.78, 5) is 4.15. The number of hydrogen-bond donors (Lipinski definition) is 1. The number of halogens is 2. The van der Waals surface area contributed by atoms with E-state index >= 15 is 0 Å². The van der Waals surface area contributed by atoms with Crippen LogP contribution in [-0.4, -0.2) is 16.2 Å². The molecule has 2 rings (SSSR count). The normalized spacial score (nSPS) is 10.6. The van der Waals surface area contributed by atoms with Crippen LogP contribution in [-0.2, 0) is 0 Å². The first-order valence-electron chi connectivity index (χ1n) is 4.30. The molecule has 2 aromatic rings. The Morgan fingerprint density at radius 1 is 1.33 bits per heavy atom. The summed E-state index contributed by atoms with van der Waals surface area (Å²) in [5.74, 6) is 0. The van der Waals surface area contributed by atoms with E-state index in [0.717, 1.165) is 16.0 Å². The quantitative estimate of drug-likeness (QED) is 0.380. The molecule has 0 aliphatic heterocycles. The second-order valence-corrected chi connectivity index (χ2v) is 3.61. The van der Waals surface area contributed by atoms with Crippen LogP contribution in [0, 0.1) is 0 Å². The van der Waals surface area contributed by atoms with E-state index in [-0.39, 0.29) is 11.2 Å². The zero-order valence-electron chi connectivity index (χ0n) is 7.69. The predicted molar refractivity (Wildman–Crippen MR) is 61.7 cm³/mol. The molecule has 1 aromatic heterocycles. The zero-order valence-corrected chi connectivity index (χ0v) is 9.20. The number of rotatable bonds is 2. The van der Waals surface area contributed by atoms with Crippen LogP contribution in [0.5, 0.6) is 0 Å². The first kappa shape index (κ1) is 10.5. The highest BCUT2D eigenvalue weighted by Crippen LogP contribution is 2.27. The van der Waals surface area contributed by atoms with E-state index in [2.05, 4.69) is 4.98 Å². The number of alkyl halides is 1. The largest absolute Gasteiger partial charge is 0.287 e. The molecule has 0 aliphatic rings. The maximum absolute atomic E-state index is 9.45. The third kappa shape index (κ3) is 2.00. The maximum atomic E-state index is 9.45. The Labute approximate surface area is 96.8 Å². The highest BCUT2D eigenvalue weighted by molar-refractivity contribution is 6.32. The van der Waals surface area contributed by atoms with Crippen LogP contribution in [0.15, 0.2) is 30.3 Å². The molecule has 3 nitrogen and oxygen atoms in total. The lowest BCUT2D eigenvalue weighted by atomic mass is 10.2. The molecule has 5 heteroatoms. The molecule has 1 heterocycles. The van der Waals surface area contributed by atoms with Gasteiger partial charge in [0.05, 0.1) is 5.52 Å². The third-order valence-corrected chi connectivity index (χ3v) is 2.55. The van der Waals surface area contributed by atoms with Crippen molar-refractivity contribution in [1.29, 1.82) is 0 Å². The van der Waals surface area contributed by atoms with Gasteiger partial charge in [0.1, 0.15) is 11.7 Å². The number of benzene rings is 1. The van der Waals surface area contributed by atoms with Crippen molar-refractivity contribution >= 4 is 39.8 Å². The average molecular weight is 243 g/mol. The number of nitrogens with zero attached hydrogens (tertiary/aromatic N) is 2. The molecule has 1 aromatic carbocycles. The second-order valence-electron chi connectivity index (χ2n) is 3.01. The van der Waals surface area contributed by atoms with Crippen molar-refractivity contribution in [3.63, 3.8) is 0 Å². The number of fused-ring (bicyclic) bond motifs is 1. The molecule has 0 bridgehead atoms. The number of hydrogen-bond acceptors (Lipinski definition) is 3. The second kappa shape index (κ2) is 4.23. The van der Waals surface area contributed by atoms with Crippen LogP contribution in [0.4, 0.5) is 5.69 Å². The average Bonchev–Trinajstić information content (AvgIpc) is 2.27. The topological polar surface area (TPSA) is 36.4 Å². The molecule has 78 valence electrons. The van der Waals surface area contributed by atoms with Crippen molar-refractivity contribution in [2.45, 2.75) is 0 Å². The molecule has 0 amide bonds. The molecule has 0 unspecified atom stereocenters. The van der Waals surface area contributed by atoms with E-state index in [4.69, 9.17) is 23.2 Å². The van der Waals surface area contributed by atoms with Crippen molar-refractivity contribution < 1.29 is 5.21 Å². The van der Waals surface area contributed by atoms with E-state index < -0.39 is 0 Å². The van der Waals surface area contributed by atoms with Gasteiger partial charge >= 0.3 is 0 Å². The molecule has 0 fully saturated rings. The minimum Gasteiger partial charge on any atom is -0.287 e. The van der Waals surface area contributed by atoms with Gasteiger partial charge in [0.25, 0.3) is 0 Å². The van der Waals surface area contributed by atoms with Crippen LogP contribution in [0.1, 0.15) is 0 Å². The van der Waals surface area contributed by atoms with Gasteiger partial charge in [-0.25, -0.2) is 10.0 Å². The Balaban J connectivity index is 2.61. The summed E-state index contributed by atoms with van der Waals surface area (Å²) in [6.45, 7) is 0. The first-order valence-corrected chi connectivity index (χ1v) is 5.21. The summed E-state index contributed by atoms with van der Waals surface area (Å²) in [5, 5.41) is 11.4. The van der Waals surface area contributed by atoms with Gasteiger partial charge in [0.15, 0.2) is 5.15 Å². The predicted octanol–water partition coefficient (Wildman–Crippen LogP) is 3.28.